The Morgan fingerprint density at radius 2 is 1.68 bits per heavy atom. The normalized spacial score (nSPS) is 21.3. The predicted octanol–water partition coefficient (Wildman–Crippen LogP) is 4.63. The molecule has 2 heterocycles. The first-order valence-corrected chi connectivity index (χ1v) is 12.4. The van der Waals surface area contributed by atoms with Gasteiger partial charge < -0.3 is 19.7 Å². The summed E-state index contributed by atoms with van der Waals surface area (Å²) in [5, 5.41) is 2.93. The minimum atomic E-state index is -4.97. The highest BCUT2D eigenvalue weighted by atomic mass is 19.4. The smallest absolute Gasteiger partial charge is 0.430 e. The molecule has 0 bridgehead atoms. The van der Waals surface area contributed by atoms with Crippen LogP contribution in [0.25, 0.3) is 0 Å². The number of likely N-dealkylation sites (tertiary alicyclic amines) is 1. The van der Waals surface area contributed by atoms with Crippen molar-refractivity contribution in [2.24, 2.45) is 5.41 Å². The van der Waals surface area contributed by atoms with E-state index in [1.807, 2.05) is 24.3 Å². The molecule has 9 heteroatoms. The fraction of sp³-hybridized carbons (Fsp3) is 0.500. The van der Waals surface area contributed by atoms with E-state index >= 15 is 0 Å². The lowest BCUT2D eigenvalue weighted by molar-refractivity contribution is -0.271. The van der Waals surface area contributed by atoms with Crippen LogP contribution in [0, 0.1) is 19.3 Å². The van der Waals surface area contributed by atoms with Crippen LogP contribution in [-0.2, 0) is 19.9 Å². The summed E-state index contributed by atoms with van der Waals surface area (Å²) in [5.41, 5.74) is -1.67. The maximum Gasteiger partial charge on any atom is 0.430 e. The molecule has 4 rings (SSSR count). The summed E-state index contributed by atoms with van der Waals surface area (Å²) in [6.07, 6.45) is -3.96. The third-order valence-corrected chi connectivity index (χ3v) is 7.95. The SMILES string of the molecule is COc1ccccc1C1CNC(=O)CC12CCN(C(=O)C(OC)(c1cc(C)cc(C)c1)C(F)(F)F)CC2. The zero-order valence-corrected chi connectivity index (χ0v) is 21.6. The van der Waals surface area contributed by atoms with Crippen LogP contribution in [-0.4, -0.2) is 56.7 Å². The van der Waals surface area contributed by atoms with Gasteiger partial charge >= 0.3 is 6.18 Å². The second-order valence-electron chi connectivity index (χ2n) is 10.2. The highest BCUT2D eigenvalue weighted by Gasteiger charge is 2.64. The monoisotopic (exact) mass is 518 g/mol. The third-order valence-electron chi connectivity index (χ3n) is 7.95. The number of aryl methyl sites for hydroxylation is 2. The van der Waals surface area contributed by atoms with E-state index in [9.17, 15) is 22.8 Å². The first kappa shape index (κ1) is 27.0. The van der Waals surface area contributed by atoms with Gasteiger partial charge in [0.2, 0.25) is 5.91 Å². The van der Waals surface area contributed by atoms with Gasteiger partial charge in [-0.15, -0.1) is 0 Å². The van der Waals surface area contributed by atoms with Crippen molar-refractivity contribution in [3.05, 3.63) is 64.7 Å². The summed E-state index contributed by atoms with van der Waals surface area (Å²) in [6.45, 7) is 3.96. The zero-order chi connectivity index (χ0) is 27.0. The molecule has 0 aliphatic carbocycles. The molecule has 0 aromatic heterocycles. The van der Waals surface area contributed by atoms with Crippen molar-refractivity contribution in [3.63, 3.8) is 0 Å². The molecule has 2 unspecified atom stereocenters. The predicted molar refractivity (Wildman–Crippen MR) is 132 cm³/mol. The van der Waals surface area contributed by atoms with Gasteiger partial charge in [0.1, 0.15) is 5.75 Å². The number of carbonyl (C=O) groups is 2. The number of alkyl halides is 3. The molecule has 200 valence electrons. The number of benzene rings is 2. The van der Waals surface area contributed by atoms with E-state index < -0.39 is 23.1 Å². The van der Waals surface area contributed by atoms with E-state index in [2.05, 4.69) is 5.32 Å². The highest BCUT2D eigenvalue weighted by Crippen LogP contribution is 2.52. The number of hydrogen-bond acceptors (Lipinski definition) is 4. The van der Waals surface area contributed by atoms with E-state index in [-0.39, 0.29) is 36.9 Å². The quantitative estimate of drug-likeness (QED) is 0.627. The second-order valence-corrected chi connectivity index (χ2v) is 10.2. The molecule has 37 heavy (non-hydrogen) atoms. The highest BCUT2D eigenvalue weighted by molar-refractivity contribution is 5.88. The Hall–Kier alpha value is -3.07. The van der Waals surface area contributed by atoms with E-state index in [0.29, 0.717) is 36.3 Å². The summed E-state index contributed by atoms with van der Waals surface area (Å²) < 4.78 is 54.6. The van der Waals surface area contributed by atoms with Crippen LogP contribution in [0.1, 0.15) is 47.4 Å². The lowest BCUT2D eigenvalue weighted by atomic mass is 9.62. The fourth-order valence-corrected chi connectivity index (χ4v) is 6.14. The molecule has 6 nitrogen and oxygen atoms in total. The number of rotatable bonds is 5. The van der Waals surface area contributed by atoms with E-state index in [0.717, 1.165) is 12.7 Å². The molecule has 1 spiro atoms. The van der Waals surface area contributed by atoms with Gasteiger partial charge in [0, 0.05) is 44.6 Å². The van der Waals surface area contributed by atoms with Crippen LogP contribution >= 0.6 is 0 Å². The van der Waals surface area contributed by atoms with Gasteiger partial charge in [-0.1, -0.05) is 47.5 Å². The number of ether oxygens (including phenoxy) is 2. The molecule has 2 amide bonds. The Balaban J connectivity index is 1.66. The maximum absolute atomic E-state index is 14.7. The third kappa shape index (κ3) is 4.69. The molecule has 0 saturated carbocycles. The second kappa shape index (κ2) is 10.0. The molecule has 2 saturated heterocycles. The van der Waals surface area contributed by atoms with Crippen LogP contribution in [0.4, 0.5) is 13.2 Å². The number of nitrogens with zero attached hydrogens (tertiary/aromatic N) is 1. The zero-order valence-electron chi connectivity index (χ0n) is 21.6. The Morgan fingerprint density at radius 3 is 2.24 bits per heavy atom. The van der Waals surface area contributed by atoms with Crippen molar-refractivity contribution in [2.75, 3.05) is 33.9 Å². The standard InChI is InChI=1S/C28H33F3N2O4/c1-18-13-19(2)15-20(14-18)27(37-4,28(29,30)31)25(35)33-11-9-26(10-12-33)16-24(34)32-17-22(26)21-7-5-6-8-23(21)36-3/h5-8,13-15,22H,9-12,16-17H2,1-4H3,(H,32,34). The lowest BCUT2D eigenvalue weighted by Crippen LogP contribution is -2.60. The van der Waals surface area contributed by atoms with E-state index in [1.54, 1.807) is 27.0 Å². The Bertz CT molecular complexity index is 1150. The van der Waals surface area contributed by atoms with Gasteiger partial charge in [-0.3, -0.25) is 9.59 Å². The first-order chi connectivity index (χ1) is 17.5. The van der Waals surface area contributed by atoms with Crippen molar-refractivity contribution in [3.8, 4) is 5.75 Å². The van der Waals surface area contributed by atoms with Crippen molar-refractivity contribution < 1.29 is 32.2 Å². The largest absolute Gasteiger partial charge is 0.496 e. The van der Waals surface area contributed by atoms with Gasteiger partial charge in [0.25, 0.3) is 11.5 Å². The number of amides is 2. The average molecular weight is 519 g/mol. The first-order valence-electron chi connectivity index (χ1n) is 12.4. The Kier molecular flexibility index (Phi) is 7.29. The average Bonchev–Trinajstić information content (AvgIpc) is 2.84. The van der Waals surface area contributed by atoms with Gasteiger partial charge in [-0.2, -0.15) is 13.2 Å². The molecule has 2 atom stereocenters. The number of para-hydroxylation sites is 1. The van der Waals surface area contributed by atoms with E-state index in [4.69, 9.17) is 9.47 Å². The molecule has 1 N–H and O–H groups in total. The van der Waals surface area contributed by atoms with Gasteiger partial charge in [-0.25, -0.2) is 0 Å². The van der Waals surface area contributed by atoms with Gasteiger partial charge in [0.15, 0.2) is 0 Å². The fourth-order valence-electron chi connectivity index (χ4n) is 6.14. The van der Waals surface area contributed by atoms with Crippen LogP contribution < -0.4 is 10.1 Å². The molecule has 2 aromatic carbocycles. The number of piperidine rings is 2. The molecule has 2 aliphatic rings. The summed E-state index contributed by atoms with van der Waals surface area (Å²) in [7, 11) is 2.51. The molecule has 2 fully saturated rings. The molecular formula is C28H33F3N2O4. The van der Waals surface area contributed by atoms with Crippen LogP contribution in [0.2, 0.25) is 0 Å². The lowest BCUT2D eigenvalue weighted by Gasteiger charge is -2.50. The maximum atomic E-state index is 14.7. The number of carbonyl (C=O) groups excluding carboxylic acids is 2. The summed E-state index contributed by atoms with van der Waals surface area (Å²) >= 11 is 0. The van der Waals surface area contributed by atoms with Crippen LogP contribution in [0.15, 0.2) is 42.5 Å². The van der Waals surface area contributed by atoms with Gasteiger partial charge in [-0.05, 0) is 43.7 Å². The van der Waals surface area contributed by atoms with Crippen molar-refractivity contribution in [2.45, 2.75) is 50.8 Å². The van der Waals surface area contributed by atoms with Crippen molar-refractivity contribution >= 4 is 11.8 Å². The molecule has 2 aromatic rings. The number of hydrogen-bond donors (Lipinski definition) is 1. The number of nitrogens with one attached hydrogen (secondary N) is 1. The summed E-state index contributed by atoms with van der Waals surface area (Å²) in [5.74, 6) is -0.612. The number of methoxy groups -OCH3 is 2. The van der Waals surface area contributed by atoms with Gasteiger partial charge in [0.05, 0.1) is 7.11 Å². The van der Waals surface area contributed by atoms with Crippen LogP contribution in [0.5, 0.6) is 5.75 Å². The summed E-state index contributed by atoms with van der Waals surface area (Å²) in [4.78, 5) is 27.4. The van der Waals surface area contributed by atoms with Crippen LogP contribution in [0.3, 0.4) is 0 Å². The van der Waals surface area contributed by atoms with Crippen molar-refractivity contribution in [1.82, 2.24) is 10.2 Å². The van der Waals surface area contributed by atoms with E-state index in [1.165, 1.54) is 17.0 Å². The number of halogens is 3. The molecular weight excluding hydrogens is 485 g/mol. The Morgan fingerprint density at radius 1 is 1.05 bits per heavy atom. The Labute approximate surface area is 215 Å². The van der Waals surface area contributed by atoms with Crippen molar-refractivity contribution in [1.29, 1.82) is 0 Å². The minimum absolute atomic E-state index is 0.0871. The molecule has 0 radical (unpaired) electrons. The topological polar surface area (TPSA) is 67.9 Å². The molecule has 2 aliphatic heterocycles. The summed E-state index contributed by atoms with van der Waals surface area (Å²) in [6, 6.07) is 12.1. The minimum Gasteiger partial charge on any atom is -0.496 e.